The van der Waals surface area contributed by atoms with Crippen molar-refractivity contribution in [1.29, 1.82) is 0 Å². The maximum Gasteiger partial charge on any atom is 0.335 e. The summed E-state index contributed by atoms with van der Waals surface area (Å²) in [5.41, 5.74) is 1.29. The van der Waals surface area contributed by atoms with Gasteiger partial charge in [0.1, 0.15) is 0 Å². The Morgan fingerprint density at radius 3 is 2.64 bits per heavy atom. The van der Waals surface area contributed by atoms with Crippen LogP contribution in [0.15, 0.2) is 30.6 Å². The number of aromatic carboxylic acids is 1. The third-order valence-electron chi connectivity index (χ3n) is 4.70. The molecule has 0 unspecified atom stereocenters. The number of nitrogens with zero attached hydrogens (tertiary/aromatic N) is 4. The van der Waals surface area contributed by atoms with Crippen molar-refractivity contribution in [3.05, 3.63) is 36.2 Å². The van der Waals surface area contributed by atoms with Gasteiger partial charge in [-0.3, -0.25) is 4.98 Å². The van der Waals surface area contributed by atoms with E-state index in [0.717, 1.165) is 32.4 Å². The minimum atomic E-state index is -0.991. The first-order chi connectivity index (χ1) is 12.1. The molecule has 0 saturated carbocycles. The lowest BCUT2D eigenvalue weighted by Gasteiger charge is -2.34. The van der Waals surface area contributed by atoms with Crippen LogP contribution in [0.25, 0.3) is 11.4 Å². The zero-order valence-electron chi connectivity index (χ0n) is 14.2. The number of piperidine rings is 1. The Hall–Kier alpha value is -2.54. The van der Waals surface area contributed by atoms with Gasteiger partial charge in [0, 0.05) is 25.5 Å². The van der Waals surface area contributed by atoms with E-state index in [1.54, 1.807) is 12.3 Å². The molecule has 7 nitrogen and oxygen atoms in total. The fourth-order valence-electron chi connectivity index (χ4n) is 3.16. The number of carbonyl (C=O) groups is 1. The number of anilines is 1. The van der Waals surface area contributed by atoms with Crippen LogP contribution in [0.1, 0.15) is 36.5 Å². The summed E-state index contributed by atoms with van der Waals surface area (Å²) in [4.78, 5) is 26.3. The molecule has 3 heterocycles. The zero-order chi connectivity index (χ0) is 17.8. The van der Waals surface area contributed by atoms with Gasteiger partial charge in [0.25, 0.3) is 0 Å². The SMILES string of the molecule is CC[C@H](O)C1CCN(c2nccc(-c3cc(C(=O)O)ccn3)n2)CC1. The summed E-state index contributed by atoms with van der Waals surface area (Å²) in [5, 5.41) is 19.1. The number of aliphatic hydroxyl groups is 1. The maximum atomic E-state index is 11.1. The third-order valence-corrected chi connectivity index (χ3v) is 4.70. The molecule has 1 saturated heterocycles. The lowest BCUT2D eigenvalue weighted by atomic mass is 9.90. The minimum Gasteiger partial charge on any atom is -0.478 e. The van der Waals surface area contributed by atoms with Crippen molar-refractivity contribution >= 4 is 11.9 Å². The van der Waals surface area contributed by atoms with Gasteiger partial charge in [0.15, 0.2) is 0 Å². The van der Waals surface area contributed by atoms with Crippen LogP contribution in [0.4, 0.5) is 5.95 Å². The monoisotopic (exact) mass is 342 g/mol. The Balaban J connectivity index is 1.76. The van der Waals surface area contributed by atoms with E-state index in [0.29, 0.717) is 23.3 Å². The van der Waals surface area contributed by atoms with Gasteiger partial charge in [-0.15, -0.1) is 0 Å². The molecule has 0 bridgehead atoms. The molecule has 2 aromatic rings. The van der Waals surface area contributed by atoms with Crippen LogP contribution in [0.5, 0.6) is 0 Å². The fraction of sp³-hybridized carbons (Fsp3) is 0.444. The molecule has 0 spiro atoms. The maximum absolute atomic E-state index is 11.1. The second-order valence-corrected chi connectivity index (χ2v) is 6.28. The van der Waals surface area contributed by atoms with Crippen LogP contribution in [0, 0.1) is 5.92 Å². The Morgan fingerprint density at radius 2 is 1.96 bits per heavy atom. The largest absolute Gasteiger partial charge is 0.478 e. The first-order valence-corrected chi connectivity index (χ1v) is 8.54. The van der Waals surface area contributed by atoms with Crippen LogP contribution < -0.4 is 4.90 Å². The van der Waals surface area contributed by atoms with Crippen molar-refractivity contribution < 1.29 is 15.0 Å². The summed E-state index contributed by atoms with van der Waals surface area (Å²) in [5.74, 6) is -0.0442. The number of aromatic nitrogens is 3. The predicted molar refractivity (Wildman–Crippen MR) is 93.5 cm³/mol. The second kappa shape index (κ2) is 7.57. The van der Waals surface area contributed by atoms with Gasteiger partial charge in [0.05, 0.1) is 23.1 Å². The molecule has 25 heavy (non-hydrogen) atoms. The van der Waals surface area contributed by atoms with Crippen molar-refractivity contribution in [2.45, 2.75) is 32.3 Å². The molecule has 1 aliphatic rings. The molecular weight excluding hydrogens is 320 g/mol. The highest BCUT2D eigenvalue weighted by molar-refractivity contribution is 5.88. The van der Waals surface area contributed by atoms with E-state index in [4.69, 9.17) is 5.11 Å². The molecule has 0 aromatic carbocycles. The molecule has 2 N–H and O–H groups in total. The number of hydrogen-bond donors (Lipinski definition) is 2. The Bertz CT molecular complexity index is 745. The molecule has 132 valence electrons. The normalized spacial score (nSPS) is 16.6. The van der Waals surface area contributed by atoms with Crippen molar-refractivity contribution in [3.63, 3.8) is 0 Å². The average molecular weight is 342 g/mol. The van der Waals surface area contributed by atoms with E-state index in [-0.39, 0.29) is 11.7 Å². The van der Waals surface area contributed by atoms with Gasteiger partial charge in [-0.1, -0.05) is 6.92 Å². The van der Waals surface area contributed by atoms with Crippen LogP contribution in [-0.2, 0) is 0 Å². The molecule has 3 rings (SSSR count). The predicted octanol–water partition coefficient (Wildman–Crippen LogP) is 2.22. The zero-order valence-corrected chi connectivity index (χ0v) is 14.2. The summed E-state index contributed by atoms with van der Waals surface area (Å²) in [7, 11) is 0. The first kappa shape index (κ1) is 17.3. The van der Waals surface area contributed by atoms with Gasteiger partial charge in [-0.05, 0) is 43.4 Å². The summed E-state index contributed by atoms with van der Waals surface area (Å²) in [6.45, 7) is 3.60. The van der Waals surface area contributed by atoms with Crippen molar-refractivity contribution in [2.75, 3.05) is 18.0 Å². The Kier molecular flexibility index (Phi) is 5.23. The van der Waals surface area contributed by atoms with E-state index in [1.807, 2.05) is 6.92 Å². The number of pyridine rings is 1. The smallest absolute Gasteiger partial charge is 0.335 e. The number of hydrogen-bond acceptors (Lipinski definition) is 6. The van der Waals surface area contributed by atoms with Crippen LogP contribution in [0.3, 0.4) is 0 Å². The molecule has 1 aliphatic heterocycles. The van der Waals surface area contributed by atoms with E-state index in [9.17, 15) is 9.90 Å². The minimum absolute atomic E-state index is 0.180. The van der Waals surface area contributed by atoms with Gasteiger partial charge in [-0.2, -0.15) is 0 Å². The third kappa shape index (κ3) is 3.93. The quantitative estimate of drug-likeness (QED) is 0.859. The number of carboxylic acids is 1. The topological polar surface area (TPSA) is 99.4 Å². The average Bonchev–Trinajstić information content (AvgIpc) is 2.67. The van der Waals surface area contributed by atoms with E-state index in [1.165, 1.54) is 18.3 Å². The second-order valence-electron chi connectivity index (χ2n) is 6.28. The molecule has 0 aliphatic carbocycles. The van der Waals surface area contributed by atoms with Crippen LogP contribution >= 0.6 is 0 Å². The van der Waals surface area contributed by atoms with E-state index >= 15 is 0 Å². The number of aliphatic hydroxyl groups excluding tert-OH is 1. The van der Waals surface area contributed by atoms with Gasteiger partial charge in [0.2, 0.25) is 5.95 Å². The highest BCUT2D eigenvalue weighted by atomic mass is 16.4. The van der Waals surface area contributed by atoms with Gasteiger partial charge >= 0.3 is 5.97 Å². The van der Waals surface area contributed by atoms with Gasteiger partial charge in [-0.25, -0.2) is 14.8 Å². The molecule has 7 heteroatoms. The molecule has 0 radical (unpaired) electrons. The Morgan fingerprint density at radius 1 is 1.24 bits per heavy atom. The highest BCUT2D eigenvalue weighted by Crippen LogP contribution is 2.25. The summed E-state index contributed by atoms with van der Waals surface area (Å²) in [6.07, 6.45) is 5.50. The molecule has 1 fully saturated rings. The number of rotatable bonds is 5. The number of carboxylic acid groups (broad SMARTS) is 1. The summed E-state index contributed by atoms with van der Waals surface area (Å²) in [6, 6.07) is 4.70. The van der Waals surface area contributed by atoms with Crippen molar-refractivity contribution in [3.8, 4) is 11.4 Å². The Labute approximate surface area is 146 Å². The van der Waals surface area contributed by atoms with Gasteiger partial charge < -0.3 is 15.1 Å². The van der Waals surface area contributed by atoms with Crippen LogP contribution in [0.2, 0.25) is 0 Å². The molecule has 0 amide bonds. The first-order valence-electron chi connectivity index (χ1n) is 8.54. The van der Waals surface area contributed by atoms with E-state index < -0.39 is 5.97 Å². The summed E-state index contributed by atoms with van der Waals surface area (Å²) >= 11 is 0. The van der Waals surface area contributed by atoms with Crippen molar-refractivity contribution in [2.24, 2.45) is 5.92 Å². The van der Waals surface area contributed by atoms with Crippen LogP contribution in [-0.4, -0.2) is 50.3 Å². The summed E-state index contributed by atoms with van der Waals surface area (Å²) < 4.78 is 0. The lowest BCUT2D eigenvalue weighted by Crippen LogP contribution is -2.38. The van der Waals surface area contributed by atoms with Crippen molar-refractivity contribution in [1.82, 2.24) is 15.0 Å². The lowest BCUT2D eigenvalue weighted by molar-refractivity contribution is 0.0696. The standard InChI is InChI=1S/C18H22N4O3/c1-2-16(23)12-5-9-22(10-6-12)18-20-8-4-14(21-18)15-11-13(17(24)25)3-7-19-15/h3-4,7-8,11-12,16,23H,2,5-6,9-10H2,1H3,(H,24,25)/t16-/m0/s1. The molecule has 2 aromatic heterocycles. The molecular formula is C18H22N4O3. The fourth-order valence-corrected chi connectivity index (χ4v) is 3.16. The highest BCUT2D eigenvalue weighted by Gasteiger charge is 2.25. The molecule has 1 atom stereocenters. The van der Waals surface area contributed by atoms with E-state index in [2.05, 4.69) is 19.9 Å².